The molecule has 0 amide bonds. The molecule has 0 spiro atoms. The van der Waals surface area contributed by atoms with Gasteiger partial charge in [0.05, 0.1) is 0 Å². The maximum Gasteiger partial charge on any atom is 0.0326 e. The van der Waals surface area contributed by atoms with Crippen LogP contribution in [0.3, 0.4) is 0 Å². The van der Waals surface area contributed by atoms with Crippen LogP contribution in [0.5, 0.6) is 0 Å². The first kappa shape index (κ1) is 13.6. The molecule has 2 N–H and O–H groups in total. The van der Waals surface area contributed by atoms with Crippen molar-refractivity contribution in [1.29, 1.82) is 0 Å². The minimum absolute atomic E-state index is 0.797. The van der Waals surface area contributed by atoms with Crippen LogP contribution in [-0.4, -0.2) is 0 Å². The van der Waals surface area contributed by atoms with Gasteiger partial charge < -0.3 is 5.73 Å². The molecule has 0 radical (unpaired) electrons. The van der Waals surface area contributed by atoms with Gasteiger partial charge in [-0.3, -0.25) is 0 Å². The standard InChI is InChI=1S/C22H17N/c23-20-14-19-8-4-5-9-21(19)22(15-20)18-12-10-17(11-13-18)16-6-2-1-3-7-16/h1-15H,23H2. The van der Waals surface area contributed by atoms with E-state index in [1.807, 2.05) is 18.2 Å². The molecule has 0 saturated heterocycles. The van der Waals surface area contributed by atoms with Crippen molar-refractivity contribution in [2.75, 3.05) is 5.73 Å². The molecule has 1 nitrogen and oxygen atoms in total. The third-order valence-corrected chi connectivity index (χ3v) is 4.19. The van der Waals surface area contributed by atoms with Crippen molar-refractivity contribution in [1.82, 2.24) is 0 Å². The lowest BCUT2D eigenvalue weighted by Crippen LogP contribution is -1.88. The molecular weight excluding hydrogens is 278 g/mol. The molecule has 1 heteroatoms. The first-order chi connectivity index (χ1) is 11.3. The average Bonchev–Trinajstić information content (AvgIpc) is 2.62. The third-order valence-electron chi connectivity index (χ3n) is 4.19. The highest BCUT2D eigenvalue weighted by Crippen LogP contribution is 2.32. The van der Waals surface area contributed by atoms with Gasteiger partial charge in [-0.15, -0.1) is 0 Å². The second-order valence-corrected chi connectivity index (χ2v) is 5.73. The minimum atomic E-state index is 0.797. The van der Waals surface area contributed by atoms with Crippen molar-refractivity contribution in [2.24, 2.45) is 0 Å². The SMILES string of the molecule is Nc1cc(-c2ccc(-c3ccccc3)cc2)c2ccccc2c1. The number of fused-ring (bicyclic) bond motifs is 1. The molecule has 0 fully saturated rings. The highest BCUT2D eigenvalue weighted by Gasteiger charge is 2.06. The van der Waals surface area contributed by atoms with Crippen molar-refractivity contribution in [3.8, 4) is 22.3 Å². The van der Waals surface area contributed by atoms with Crippen LogP contribution in [0.1, 0.15) is 0 Å². The first-order valence-corrected chi connectivity index (χ1v) is 7.75. The van der Waals surface area contributed by atoms with Gasteiger partial charge in [-0.05, 0) is 45.2 Å². The number of rotatable bonds is 2. The zero-order chi connectivity index (χ0) is 15.6. The van der Waals surface area contributed by atoms with Crippen LogP contribution in [-0.2, 0) is 0 Å². The molecule has 0 aliphatic rings. The molecule has 0 aliphatic heterocycles. The lowest BCUT2D eigenvalue weighted by atomic mass is 9.95. The summed E-state index contributed by atoms with van der Waals surface area (Å²) in [6.45, 7) is 0. The van der Waals surface area contributed by atoms with Gasteiger partial charge in [0.2, 0.25) is 0 Å². The number of hydrogen-bond acceptors (Lipinski definition) is 1. The molecule has 0 saturated carbocycles. The molecule has 4 aromatic rings. The van der Waals surface area contributed by atoms with Gasteiger partial charge in [0, 0.05) is 5.69 Å². The van der Waals surface area contributed by atoms with E-state index in [0.717, 1.165) is 5.69 Å². The monoisotopic (exact) mass is 295 g/mol. The molecule has 0 aromatic heterocycles. The zero-order valence-corrected chi connectivity index (χ0v) is 12.7. The van der Waals surface area contributed by atoms with Crippen molar-refractivity contribution in [3.63, 3.8) is 0 Å². The molecule has 0 atom stereocenters. The summed E-state index contributed by atoms with van der Waals surface area (Å²) in [5.74, 6) is 0. The second-order valence-electron chi connectivity index (χ2n) is 5.73. The van der Waals surface area contributed by atoms with E-state index in [1.54, 1.807) is 0 Å². The normalized spacial score (nSPS) is 10.8. The Balaban J connectivity index is 1.83. The molecule has 0 heterocycles. The first-order valence-electron chi connectivity index (χ1n) is 7.75. The van der Waals surface area contributed by atoms with E-state index in [-0.39, 0.29) is 0 Å². The summed E-state index contributed by atoms with van der Waals surface area (Å²) < 4.78 is 0. The quantitative estimate of drug-likeness (QED) is 0.468. The fourth-order valence-electron chi connectivity index (χ4n) is 3.05. The summed E-state index contributed by atoms with van der Waals surface area (Å²) in [6.07, 6.45) is 0. The van der Waals surface area contributed by atoms with E-state index in [2.05, 4.69) is 72.8 Å². The second kappa shape index (κ2) is 5.62. The molecule has 0 aliphatic carbocycles. The van der Waals surface area contributed by atoms with Crippen LogP contribution in [0.15, 0.2) is 91.0 Å². The van der Waals surface area contributed by atoms with Crippen LogP contribution in [0.4, 0.5) is 5.69 Å². The fourth-order valence-corrected chi connectivity index (χ4v) is 3.05. The highest BCUT2D eigenvalue weighted by atomic mass is 14.5. The largest absolute Gasteiger partial charge is 0.399 e. The Morgan fingerprint density at radius 3 is 1.91 bits per heavy atom. The van der Waals surface area contributed by atoms with Gasteiger partial charge in [-0.2, -0.15) is 0 Å². The summed E-state index contributed by atoms with van der Waals surface area (Å²) >= 11 is 0. The van der Waals surface area contributed by atoms with Gasteiger partial charge in [0.15, 0.2) is 0 Å². The lowest BCUT2D eigenvalue weighted by molar-refractivity contribution is 1.60. The number of nitrogen functional groups attached to an aromatic ring is 1. The molecule has 0 bridgehead atoms. The van der Waals surface area contributed by atoms with E-state index >= 15 is 0 Å². The molecule has 110 valence electrons. The van der Waals surface area contributed by atoms with E-state index in [0.29, 0.717) is 0 Å². The molecule has 23 heavy (non-hydrogen) atoms. The van der Waals surface area contributed by atoms with Crippen molar-refractivity contribution in [2.45, 2.75) is 0 Å². The number of hydrogen-bond donors (Lipinski definition) is 1. The van der Waals surface area contributed by atoms with E-state index < -0.39 is 0 Å². The smallest absolute Gasteiger partial charge is 0.0326 e. The zero-order valence-electron chi connectivity index (χ0n) is 12.7. The number of benzene rings is 4. The summed E-state index contributed by atoms with van der Waals surface area (Å²) in [6, 6.07) is 31.6. The maximum atomic E-state index is 6.08. The molecule has 0 unspecified atom stereocenters. The van der Waals surface area contributed by atoms with Gasteiger partial charge in [0.25, 0.3) is 0 Å². The summed E-state index contributed by atoms with van der Waals surface area (Å²) in [5.41, 5.74) is 11.7. The predicted molar refractivity (Wildman–Crippen MR) is 99.2 cm³/mol. The highest BCUT2D eigenvalue weighted by molar-refractivity contribution is 5.99. The fraction of sp³-hybridized carbons (Fsp3) is 0. The Morgan fingerprint density at radius 2 is 1.13 bits per heavy atom. The van der Waals surface area contributed by atoms with E-state index in [9.17, 15) is 0 Å². The number of nitrogens with two attached hydrogens (primary N) is 1. The summed E-state index contributed by atoms with van der Waals surface area (Å²) in [4.78, 5) is 0. The van der Waals surface area contributed by atoms with Gasteiger partial charge in [0.1, 0.15) is 0 Å². The van der Waals surface area contributed by atoms with E-state index in [4.69, 9.17) is 5.73 Å². The molecule has 4 rings (SSSR count). The van der Waals surface area contributed by atoms with Crippen LogP contribution < -0.4 is 5.73 Å². The van der Waals surface area contributed by atoms with Crippen molar-refractivity contribution < 1.29 is 0 Å². The van der Waals surface area contributed by atoms with Crippen LogP contribution >= 0.6 is 0 Å². The van der Waals surface area contributed by atoms with E-state index in [1.165, 1.54) is 33.0 Å². The Hall–Kier alpha value is -3.06. The topological polar surface area (TPSA) is 26.0 Å². The van der Waals surface area contributed by atoms with Gasteiger partial charge >= 0.3 is 0 Å². The Labute approximate surface area is 136 Å². The Kier molecular flexibility index (Phi) is 3.32. The average molecular weight is 295 g/mol. The van der Waals surface area contributed by atoms with Crippen LogP contribution in [0.2, 0.25) is 0 Å². The maximum absolute atomic E-state index is 6.08. The Morgan fingerprint density at radius 1 is 0.522 bits per heavy atom. The lowest BCUT2D eigenvalue weighted by Gasteiger charge is -2.10. The van der Waals surface area contributed by atoms with Crippen molar-refractivity contribution >= 4 is 16.5 Å². The number of anilines is 1. The minimum Gasteiger partial charge on any atom is -0.399 e. The summed E-state index contributed by atoms with van der Waals surface area (Å²) in [7, 11) is 0. The van der Waals surface area contributed by atoms with Gasteiger partial charge in [-0.1, -0.05) is 78.9 Å². The van der Waals surface area contributed by atoms with Crippen molar-refractivity contribution in [3.05, 3.63) is 91.0 Å². The van der Waals surface area contributed by atoms with Gasteiger partial charge in [-0.25, -0.2) is 0 Å². The van der Waals surface area contributed by atoms with Crippen LogP contribution in [0, 0.1) is 0 Å². The van der Waals surface area contributed by atoms with Crippen LogP contribution in [0.25, 0.3) is 33.0 Å². The predicted octanol–water partition coefficient (Wildman–Crippen LogP) is 5.76. The summed E-state index contributed by atoms with van der Waals surface area (Å²) in [5, 5.41) is 2.41. The molecule has 4 aromatic carbocycles. The molecular formula is C22H17N. The Bertz CT molecular complexity index is 954. The third kappa shape index (κ3) is 2.58.